The number of rotatable bonds is 69. The first-order valence-corrected chi connectivity index (χ1v) is 39.1. The van der Waals surface area contributed by atoms with Crippen LogP contribution in [0.4, 0.5) is 0 Å². The third-order valence-corrected chi connectivity index (χ3v) is 17.9. The minimum atomic E-state index is -4.95. The molecule has 3 N–H and O–H groups in total. The predicted octanol–water partition coefficient (Wildman–Crippen LogP) is 19.7. The number of carbonyl (C=O) groups excluding carboxylic acids is 4. The quantitative estimate of drug-likeness (QED) is 0.0222. The summed E-state index contributed by atoms with van der Waals surface area (Å²) in [4.78, 5) is 72.1. The summed E-state index contributed by atoms with van der Waals surface area (Å²) in [6.45, 7) is 7.16. The van der Waals surface area contributed by atoms with Gasteiger partial charge in [0.25, 0.3) is 0 Å². The largest absolute Gasteiger partial charge is 0.472 e. The highest BCUT2D eigenvalue weighted by molar-refractivity contribution is 7.47. The van der Waals surface area contributed by atoms with Crippen LogP contribution >= 0.6 is 15.6 Å². The first-order chi connectivity index (χ1) is 42.5. The van der Waals surface area contributed by atoms with Crippen LogP contribution in [0.5, 0.6) is 0 Å². The molecular formula is C69H134O17P2. The molecule has 0 spiro atoms. The van der Waals surface area contributed by atoms with Gasteiger partial charge in [-0.15, -0.1) is 0 Å². The Morgan fingerprint density at radius 3 is 0.773 bits per heavy atom. The zero-order valence-corrected chi connectivity index (χ0v) is 58.6. The Labute approximate surface area is 537 Å². The van der Waals surface area contributed by atoms with E-state index >= 15 is 0 Å². The number of esters is 4. The lowest BCUT2D eigenvalue weighted by atomic mass is 10.0. The van der Waals surface area contributed by atoms with Gasteiger partial charge in [-0.25, -0.2) is 9.13 Å². The molecule has 19 heteroatoms. The minimum Gasteiger partial charge on any atom is -0.462 e. The predicted molar refractivity (Wildman–Crippen MR) is 354 cm³/mol. The fourth-order valence-electron chi connectivity index (χ4n) is 10.5. The Kier molecular flexibility index (Phi) is 61.1. The van der Waals surface area contributed by atoms with Gasteiger partial charge in [0.1, 0.15) is 19.3 Å². The molecule has 0 amide bonds. The number of hydrogen-bond acceptors (Lipinski definition) is 15. The van der Waals surface area contributed by atoms with E-state index in [4.69, 9.17) is 37.0 Å². The Balaban J connectivity index is 5.09. The lowest BCUT2D eigenvalue weighted by Gasteiger charge is -2.21. The van der Waals surface area contributed by atoms with Crippen molar-refractivity contribution < 1.29 is 80.2 Å². The van der Waals surface area contributed by atoms with Gasteiger partial charge < -0.3 is 33.8 Å². The van der Waals surface area contributed by atoms with Gasteiger partial charge in [0.2, 0.25) is 0 Å². The minimum absolute atomic E-state index is 0.104. The van der Waals surface area contributed by atoms with Gasteiger partial charge in [-0.3, -0.25) is 37.3 Å². The molecule has 0 bridgehead atoms. The number of aliphatic hydroxyl groups is 1. The van der Waals surface area contributed by atoms with Crippen LogP contribution in [-0.4, -0.2) is 96.7 Å². The summed E-state index contributed by atoms with van der Waals surface area (Å²) in [6.07, 6.45) is 49.1. The summed E-state index contributed by atoms with van der Waals surface area (Å²) in [5, 5.41) is 10.5. The third kappa shape index (κ3) is 62.8. The van der Waals surface area contributed by atoms with Gasteiger partial charge in [0.05, 0.1) is 26.4 Å². The van der Waals surface area contributed by atoms with Crippen LogP contribution in [0.2, 0.25) is 0 Å². The zero-order valence-electron chi connectivity index (χ0n) is 56.9. The molecule has 0 saturated carbocycles. The lowest BCUT2D eigenvalue weighted by molar-refractivity contribution is -0.161. The fourth-order valence-corrected chi connectivity index (χ4v) is 12.0. The van der Waals surface area contributed by atoms with Gasteiger partial charge in [-0.05, 0) is 31.6 Å². The SMILES string of the molecule is CCCCCCCCCCCCCCCCC(=O)OC[C@H](COP(=O)(O)OC[C@@H](O)COP(=O)(O)OC[C@@H](COC(=O)CCCCCCC)OC(=O)CCCCCCCCCC)OC(=O)CCCCCCCCCCCCCCCCCCCCC(C)C. The van der Waals surface area contributed by atoms with Crippen LogP contribution in [0, 0.1) is 5.92 Å². The van der Waals surface area contributed by atoms with Gasteiger partial charge in [-0.1, -0.05) is 304 Å². The van der Waals surface area contributed by atoms with E-state index in [0.29, 0.717) is 25.7 Å². The van der Waals surface area contributed by atoms with Crippen molar-refractivity contribution >= 4 is 39.5 Å². The molecular weight excluding hydrogens is 1160 g/mol. The first kappa shape index (κ1) is 86.1. The number of unbranched alkanes of at least 4 members (excludes halogenated alkanes) is 41. The Hall–Kier alpha value is -1.94. The number of phosphoric acid groups is 2. The van der Waals surface area contributed by atoms with Gasteiger partial charge in [-0.2, -0.15) is 0 Å². The first-order valence-electron chi connectivity index (χ1n) is 36.1. The van der Waals surface area contributed by atoms with Crippen molar-refractivity contribution in [2.24, 2.45) is 5.92 Å². The van der Waals surface area contributed by atoms with E-state index in [1.165, 1.54) is 167 Å². The van der Waals surface area contributed by atoms with E-state index in [1.54, 1.807) is 0 Å². The van der Waals surface area contributed by atoms with Crippen molar-refractivity contribution in [2.45, 2.75) is 374 Å². The highest BCUT2D eigenvalue weighted by Gasteiger charge is 2.30. The third-order valence-electron chi connectivity index (χ3n) is 16.0. The van der Waals surface area contributed by atoms with Crippen molar-refractivity contribution in [1.29, 1.82) is 0 Å². The normalized spacial score (nSPS) is 14.1. The number of phosphoric ester groups is 2. The van der Waals surface area contributed by atoms with E-state index < -0.39 is 97.5 Å². The molecule has 17 nitrogen and oxygen atoms in total. The summed E-state index contributed by atoms with van der Waals surface area (Å²) < 4.78 is 67.9. The maximum atomic E-state index is 13.0. The fraction of sp³-hybridized carbons (Fsp3) is 0.942. The van der Waals surface area contributed by atoms with E-state index in [2.05, 4.69) is 34.6 Å². The highest BCUT2D eigenvalue weighted by atomic mass is 31.2. The van der Waals surface area contributed by atoms with E-state index in [0.717, 1.165) is 109 Å². The van der Waals surface area contributed by atoms with Crippen LogP contribution in [0.25, 0.3) is 0 Å². The van der Waals surface area contributed by atoms with Crippen LogP contribution in [0.1, 0.15) is 356 Å². The maximum Gasteiger partial charge on any atom is 0.472 e. The average Bonchev–Trinajstić information content (AvgIpc) is 3.64. The van der Waals surface area contributed by atoms with Crippen LogP contribution in [0.15, 0.2) is 0 Å². The summed E-state index contributed by atoms with van der Waals surface area (Å²) in [7, 11) is -9.88. The van der Waals surface area contributed by atoms with Crippen molar-refractivity contribution in [2.75, 3.05) is 39.6 Å². The van der Waals surface area contributed by atoms with Crippen LogP contribution in [0.3, 0.4) is 0 Å². The second-order valence-corrected chi connectivity index (χ2v) is 28.3. The number of ether oxygens (including phenoxy) is 4. The van der Waals surface area contributed by atoms with E-state index in [9.17, 15) is 43.2 Å². The van der Waals surface area contributed by atoms with Gasteiger partial charge in [0, 0.05) is 25.7 Å². The Morgan fingerprint density at radius 2 is 0.523 bits per heavy atom. The van der Waals surface area contributed by atoms with Crippen LogP contribution < -0.4 is 0 Å². The summed E-state index contributed by atoms with van der Waals surface area (Å²) in [6, 6.07) is 0. The van der Waals surface area contributed by atoms with Crippen molar-refractivity contribution in [3.8, 4) is 0 Å². The molecule has 0 aromatic heterocycles. The molecule has 2 unspecified atom stereocenters. The molecule has 0 fully saturated rings. The molecule has 0 aromatic carbocycles. The second-order valence-electron chi connectivity index (χ2n) is 25.4. The second kappa shape index (κ2) is 62.5. The molecule has 0 rings (SSSR count). The maximum absolute atomic E-state index is 13.0. The Bertz CT molecular complexity index is 1700. The van der Waals surface area contributed by atoms with Gasteiger partial charge in [0.15, 0.2) is 12.2 Å². The summed E-state index contributed by atoms with van der Waals surface area (Å²) >= 11 is 0. The number of aliphatic hydroxyl groups excluding tert-OH is 1. The summed E-state index contributed by atoms with van der Waals surface area (Å²) in [5.41, 5.74) is 0. The average molecular weight is 1300 g/mol. The molecule has 5 atom stereocenters. The number of hydrogen-bond donors (Lipinski definition) is 3. The molecule has 0 aromatic rings. The van der Waals surface area contributed by atoms with Crippen LogP contribution in [-0.2, 0) is 65.4 Å². The number of carbonyl (C=O) groups is 4. The topological polar surface area (TPSA) is 237 Å². The van der Waals surface area contributed by atoms with Crippen molar-refractivity contribution in [1.82, 2.24) is 0 Å². The van der Waals surface area contributed by atoms with E-state index in [1.807, 2.05) is 0 Å². The molecule has 0 aliphatic heterocycles. The molecule has 0 aliphatic carbocycles. The molecule has 0 aliphatic rings. The summed E-state index contributed by atoms with van der Waals surface area (Å²) in [5.74, 6) is -1.32. The van der Waals surface area contributed by atoms with Gasteiger partial charge >= 0.3 is 39.5 Å². The molecule has 88 heavy (non-hydrogen) atoms. The molecule has 0 saturated heterocycles. The monoisotopic (exact) mass is 1300 g/mol. The smallest absolute Gasteiger partial charge is 0.462 e. The molecule has 522 valence electrons. The zero-order chi connectivity index (χ0) is 64.9. The highest BCUT2D eigenvalue weighted by Crippen LogP contribution is 2.45. The standard InChI is InChI=1S/C69H134O17P2/c1-6-9-12-15-17-19-20-21-29-32-35-39-43-48-53-67(72)80-59-65(86-69(74)55-50-45-40-36-33-30-27-25-23-22-24-26-28-31-34-37-42-46-51-62(4)5)61-84-88(77,78)82-57-63(70)56-81-87(75,76)83-60-64(58-79-66(71)52-47-41-14-11-8-3)85-68(73)54-49-44-38-18-16-13-10-7-2/h62-65,70H,6-61H2,1-5H3,(H,75,76)(H,77,78)/t63-,64+,65+/m0/s1. The lowest BCUT2D eigenvalue weighted by Crippen LogP contribution is -2.30. The van der Waals surface area contributed by atoms with Crippen molar-refractivity contribution in [3.05, 3.63) is 0 Å². The molecule has 0 radical (unpaired) electrons. The molecule has 0 heterocycles. The van der Waals surface area contributed by atoms with Crippen molar-refractivity contribution in [3.63, 3.8) is 0 Å². The Morgan fingerprint density at radius 1 is 0.307 bits per heavy atom. The van der Waals surface area contributed by atoms with E-state index in [-0.39, 0.29) is 25.7 Å².